The number of benzene rings is 1. The lowest BCUT2D eigenvalue weighted by Gasteiger charge is -2.23. The van der Waals surface area contributed by atoms with Crippen LogP contribution in [0.4, 0.5) is 16.2 Å². The summed E-state index contributed by atoms with van der Waals surface area (Å²) in [6, 6.07) is 6.39. The molecule has 1 aliphatic heterocycles. The highest BCUT2D eigenvalue weighted by Gasteiger charge is 2.24. The van der Waals surface area contributed by atoms with Crippen molar-refractivity contribution < 1.29 is 14.4 Å². The van der Waals surface area contributed by atoms with E-state index < -0.39 is 6.04 Å². The van der Waals surface area contributed by atoms with Crippen LogP contribution in [-0.2, 0) is 9.59 Å². The lowest BCUT2D eigenvalue weighted by molar-refractivity contribution is -0.129. The van der Waals surface area contributed by atoms with Gasteiger partial charge in [0.1, 0.15) is 6.04 Å². The number of carbonyl (C=O) groups excluding carboxylic acids is 3. The fourth-order valence-corrected chi connectivity index (χ4v) is 4.13. The van der Waals surface area contributed by atoms with E-state index in [1.165, 1.54) is 19.3 Å². The first-order valence-electron chi connectivity index (χ1n) is 11.3. The first kappa shape index (κ1) is 22.1. The molecule has 7 nitrogen and oxygen atoms in total. The van der Waals surface area contributed by atoms with E-state index in [1.807, 2.05) is 4.90 Å². The maximum absolute atomic E-state index is 12.4. The van der Waals surface area contributed by atoms with Crippen molar-refractivity contribution in [1.82, 2.24) is 10.2 Å². The van der Waals surface area contributed by atoms with Crippen LogP contribution in [0.3, 0.4) is 0 Å². The monoisotopic (exact) mass is 414 g/mol. The fraction of sp³-hybridized carbons (Fsp3) is 0.609. The zero-order valence-electron chi connectivity index (χ0n) is 17.9. The predicted octanol–water partition coefficient (Wildman–Crippen LogP) is 4.12. The van der Waals surface area contributed by atoms with Gasteiger partial charge in [0, 0.05) is 30.4 Å². The van der Waals surface area contributed by atoms with Crippen molar-refractivity contribution >= 4 is 29.2 Å². The van der Waals surface area contributed by atoms with E-state index in [1.54, 1.807) is 31.2 Å². The smallest absolute Gasteiger partial charge is 0.321 e. The number of hydrogen-bond donors (Lipinski definition) is 3. The molecule has 0 unspecified atom stereocenters. The number of nitrogens with zero attached hydrogens (tertiary/aromatic N) is 1. The van der Waals surface area contributed by atoms with Crippen LogP contribution in [0.2, 0.25) is 0 Å². The van der Waals surface area contributed by atoms with Gasteiger partial charge in [-0.15, -0.1) is 0 Å². The summed E-state index contributed by atoms with van der Waals surface area (Å²) >= 11 is 0. The summed E-state index contributed by atoms with van der Waals surface area (Å²) in [5.74, 6) is -0.245. The summed E-state index contributed by atoms with van der Waals surface area (Å²) in [6.07, 6.45) is 9.62. The van der Waals surface area contributed by atoms with Crippen LogP contribution < -0.4 is 16.0 Å². The standard InChI is InChI=1S/C23H34N4O3/c1-17(24-22(29)18-9-5-4-6-10-18)21(28)25-19-11-13-20(14-12-19)26-23(30)27-15-7-2-3-8-16-27/h11-14,17-18H,2-10,15-16H2,1H3,(H,24,29)(H,25,28)(H,26,30)/t17-/m1/s1. The normalized spacial score (nSPS) is 18.8. The van der Waals surface area contributed by atoms with Crippen molar-refractivity contribution in [2.75, 3.05) is 23.7 Å². The fourth-order valence-electron chi connectivity index (χ4n) is 4.13. The maximum Gasteiger partial charge on any atom is 0.321 e. The molecular formula is C23H34N4O3. The Labute approximate surface area is 179 Å². The van der Waals surface area contributed by atoms with Gasteiger partial charge in [-0.1, -0.05) is 32.1 Å². The predicted molar refractivity (Wildman–Crippen MR) is 118 cm³/mol. The van der Waals surface area contributed by atoms with Gasteiger partial charge in [-0.3, -0.25) is 9.59 Å². The second kappa shape index (κ2) is 11.0. The molecule has 1 aliphatic carbocycles. The van der Waals surface area contributed by atoms with E-state index >= 15 is 0 Å². The average molecular weight is 415 g/mol. The highest BCUT2D eigenvalue weighted by atomic mass is 16.2. The third-order valence-corrected chi connectivity index (χ3v) is 6.02. The summed E-state index contributed by atoms with van der Waals surface area (Å²) in [4.78, 5) is 39.0. The van der Waals surface area contributed by atoms with Gasteiger partial charge in [0.05, 0.1) is 0 Å². The largest absolute Gasteiger partial charge is 0.344 e. The lowest BCUT2D eigenvalue weighted by Crippen LogP contribution is -2.44. The van der Waals surface area contributed by atoms with E-state index in [9.17, 15) is 14.4 Å². The van der Waals surface area contributed by atoms with Crippen molar-refractivity contribution in [2.24, 2.45) is 5.92 Å². The van der Waals surface area contributed by atoms with Crippen LogP contribution in [0.15, 0.2) is 24.3 Å². The van der Waals surface area contributed by atoms with Gasteiger partial charge in [0.25, 0.3) is 0 Å². The molecule has 0 bridgehead atoms. The van der Waals surface area contributed by atoms with Crippen molar-refractivity contribution in [3.8, 4) is 0 Å². The van der Waals surface area contributed by atoms with Crippen molar-refractivity contribution in [1.29, 1.82) is 0 Å². The first-order chi connectivity index (χ1) is 14.5. The van der Waals surface area contributed by atoms with Gasteiger partial charge in [-0.2, -0.15) is 0 Å². The molecule has 2 fully saturated rings. The van der Waals surface area contributed by atoms with Gasteiger partial charge >= 0.3 is 6.03 Å². The van der Waals surface area contributed by atoms with E-state index in [2.05, 4.69) is 16.0 Å². The molecule has 3 N–H and O–H groups in total. The van der Waals surface area contributed by atoms with E-state index in [4.69, 9.17) is 0 Å². The molecule has 1 saturated carbocycles. The molecular weight excluding hydrogens is 380 g/mol. The summed E-state index contributed by atoms with van der Waals surface area (Å²) in [6.45, 7) is 3.29. The zero-order valence-corrected chi connectivity index (χ0v) is 17.9. The number of urea groups is 1. The molecule has 1 aromatic carbocycles. The van der Waals surface area contributed by atoms with E-state index in [-0.39, 0.29) is 23.8 Å². The van der Waals surface area contributed by atoms with Crippen LogP contribution in [0.5, 0.6) is 0 Å². The minimum atomic E-state index is -0.596. The van der Waals surface area contributed by atoms with Crippen molar-refractivity contribution in [3.63, 3.8) is 0 Å². The zero-order chi connectivity index (χ0) is 21.3. The molecule has 4 amide bonds. The Morgan fingerprint density at radius 2 is 1.37 bits per heavy atom. The summed E-state index contributed by atoms with van der Waals surface area (Å²) in [5, 5.41) is 8.58. The van der Waals surface area contributed by atoms with Crippen LogP contribution in [0.1, 0.15) is 64.7 Å². The second-order valence-corrected chi connectivity index (χ2v) is 8.46. The highest BCUT2D eigenvalue weighted by Crippen LogP contribution is 2.23. The Morgan fingerprint density at radius 1 is 0.833 bits per heavy atom. The molecule has 3 rings (SSSR count). The van der Waals surface area contributed by atoms with Gasteiger partial charge in [-0.05, 0) is 56.9 Å². The minimum absolute atomic E-state index is 0.0241. The Bertz CT molecular complexity index is 720. The van der Waals surface area contributed by atoms with Crippen LogP contribution >= 0.6 is 0 Å². The highest BCUT2D eigenvalue weighted by molar-refractivity contribution is 5.97. The second-order valence-electron chi connectivity index (χ2n) is 8.46. The topological polar surface area (TPSA) is 90.5 Å². The van der Waals surface area contributed by atoms with E-state index in [0.717, 1.165) is 51.6 Å². The Balaban J connectivity index is 1.46. The third-order valence-electron chi connectivity index (χ3n) is 6.02. The number of carbonyl (C=O) groups is 3. The molecule has 0 radical (unpaired) electrons. The number of hydrogen-bond acceptors (Lipinski definition) is 3. The molecule has 0 aromatic heterocycles. The Morgan fingerprint density at radius 3 is 1.97 bits per heavy atom. The molecule has 30 heavy (non-hydrogen) atoms. The number of nitrogens with one attached hydrogen (secondary N) is 3. The molecule has 1 saturated heterocycles. The number of rotatable bonds is 5. The number of anilines is 2. The molecule has 1 atom stereocenters. The third kappa shape index (κ3) is 6.47. The number of amides is 4. The Hall–Kier alpha value is -2.57. The summed E-state index contributed by atoms with van der Waals surface area (Å²) in [5.41, 5.74) is 1.33. The summed E-state index contributed by atoms with van der Waals surface area (Å²) < 4.78 is 0. The first-order valence-corrected chi connectivity index (χ1v) is 11.3. The van der Waals surface area contributed by atoms with Gasteiger partial charge in [0.2, 0.25) is 11.8 Å². The van der Waals surface area contributed by atoms with Crippen molar-refractivity contribution in [3.05, 3.63) is 24.3 Å². The lowest BCUT2D eigenvalue weighted by atomic mass is 9.88. The average Bonchev–Trinajstić information content (AvgIpc) is 3.05. The minimum Gasteiger partial charge on any atom is -0.344 e. The molecule has 2 aliphatic rings. The van der Waals surface area contributed by atoms with Gasteiger partial charge < -0.3 is 20.9 Å². The molecule has 7 heteroatoms. The molecule has 0 spiro atoms. The van der Waals surface area contributed by atoms with Gasteiger partial charge in [0.15, 0.2) is 0 Å². The summed E-state index contributed by atoms with van der Waals surface area (Å²) in [7, 11) is 0. The quantitative estimate of drug-likeness (QED) is 0.677. The van der Waals surface area contributed by atoms with Crippen molar-refractivity contribution in [2.45, 2.75) is 70.8 Å². The van der Waals surface area contributed by atoms with Crippen LogP contribution in [-0.4, -0.2) is 41.9 Å². The molecule has 1 aromatic rings. The Kier molecular flexibility index (Phi) is 8.11. The maximum atomic E-state index is 12.4. The molecule has 1 heterocycles. The van der Waals surface area contributed by atoms with E-state index in [0.29, 0.717) is 11.4 Å². The van der Waals surface area contributed by atoms with Crippen LogP contribution in [0.25, 0.3) is 0 Å². The molecule has 164 valence electrons. The SMILES string of the molecule is C[C@@H](NC(=O)C1CCCCC1)C(=O)Nc1ccc(NC(=O)N2CCCCCC2)cc1. The van der Waals surface area contributed by atoms with Gasteiger partial charge in [-0.25, -0.2) is 4.79 Å². The number of likely N-dealkylation sites (tertiary alicyclic amines) is 1. The van der Waals surface area contributed by atoms with Crippen LogP contribution in [0, 0.1) is 5.92 Å².